The lowest BCUT2D eigenvalue weighted by molar-refractivity contribution is 0.102. The van der Waals surface area contributed by atoms with Crippen molar-refractivity contribution >= 4 is 38.8 Å². The lowest BCUT2D eigenvalue weighted by atomic mass is 10.2. The number of nitrogens with zero attached hydrogens (tertiary/aromatic N) is 2. The summed E-state index contributed by atoms with van der Waals surface area (Å²) in [6, 6.07) is 16.5. The van der Waals surface area contributed by atoms with Crippen molar-refractivity contribution in [1.29, 1.82) is 0 Å². The van der Waals surface area contributed by atoms with Gasteiger partial charge in [-0.3, -0.25) is 10.1 Å². The second-order valence-corrected chi connectivity index (χ2v) is 5.85. The van der Waals surface area contributed by atoms with E-state index in [4.69, 9.17) is 8.83 Å². The molecule has 2 heterocycles. The SMILES string of the molecule is O=C(Nc1nnc(-c2cc3ccccc3o2)o1)c1ccccc1Br. The van der Waals surface area contributed by atoms with Crippen LogP contribution in [-0.2, 0) is 0 Å². The van der Waals surface area contributed by atoms with E-state index in [9.17, 15) is 4.79 Å². The Kier molecular flexibility index (Phi) is 3.62. The largest absolute Gasteiger partial charge is 0.451 e. The van der Waals surface area contributed by atoms with E-state index >= 15 is 0 Å². The molecule has 6 nitrogen and oxygen atoms in total. The number of carbonyl (C=O) groups is 1. The number of rotatable bonds is 3. The number of fused-ring (bicyclic) bond motifs is 1. The molecule has 0 spiro atoms. The first-order valence-corrected chi connectivity index (χ1v) is 7.88. The summed E-state index contributed by atoms with van der Waals surface area (Å²) >= 11 is 3.33. The minimum absolute atomic E-state index is 0.00575. The summed E-state index contributed by atoms with van der Waals surface area (Å²) in [6.07, 6.45) is 0. The van der Waals surface area contributed by atoms with Crippen molar-refractivity contribution in [1.82, 2.24) is 10.2 Å². The molecule has 0 aliphatic carbocycles. The van der Waals surface area contributed by atoms with Crippen LogP contribution in [0.1, 0.15) is 10.4 Å². The van der Waals surface area contributed by atoms with Gasteiger partial charge in [0.15, 0.2) is 5.76 Å². The summed E-state index contributed by atoms with van der Waals surface area (Å²) in [5.41, 5.74) is 1.20. The molecule has 4 rings (SSSR count). The summed E-state index contributed by atoms with van der Waals surface area (Å²) in [5.74, 6) is 0.306. The van der Waals surface area contributed by atoms with E-state index in [2.05, 4.69) is 31.4 Å². The predicted molar refractivity (Wildman–Crippen MR) is 91.6 cm³/mol. The van der Waals surface area contributed by atoms with Crippen LogP contribution in [0.4, 0.5) is 6.01 Å². The molecule has 0 saturated heterocycles. The summed E-state index contributed by atoms with van der Waals surface area (Å²) in [6.45, 7) is 0. The van der Waals surface area contributed by atoms with E-state index in [0.717, 1.165) is 11.0 Å². The highest BCUT2D eigenvalue weighted by atomic mass is 79.9. The van der Waals surface area contributed by atoms with Crippen LogP contribution in [0.5, 0.6) is 0 Å². The third-order valence-electron chi connectivity index (χ3n) is 3.40. The smallest absolute Gasteiger partial charge is 0.322 e. The van der Waals surface area contributed by atoms with Crippen LogP contribution in [0.3, 0.4) is 0 Å². The molecular weight excluding hydrogens is 374 g/mol. The molecule has 0 saturated carbocycles. The summed E-state index contributed by atoms with van der Waals surface area (Å²) in [7, 11) is 0. The zero-order valence-corrected chi connectivity index (χ0v) is 13.8. The number of aromatic nitrogens is 2. The number of nitrogens with one attached hydrogen (secondary N) is 1. The van der Waals surface area contributed by atoms with Gasteiger partial charge in [0, 0.05) is 9.86 Å². The summed E-state index contributed by atoms with van der Waals surface area (Å²) in [4.78, 5) is 12.2. The first-order chi connectivity index (χ1) is 11.7. The van der Waals surface area contributed by atoms with Crippen LogP contribution in [-0.4, -0.2) is 16.1 Å². The number of carbonyl (C=O) groups excluding carboxylic acids is 1. The van der Waals surface area contributed by atoms with Gasteiger partial charge in [-0.15, -0.1) is 5.10 Å². The Morgan fingerprint density at radius 2 is 1.79 bits per heavy atom. The summed E-state index contributed by atoms with van der Waals surface area (Å²) in [5, 5.41) is 11.3. The lowest BCUT2D eigenvalue weighted by Gasteiger charge is -2.02. The van der Waals surface area contributed by atoms with Crippen LogP contribution < -0.4 is 5.32 Å². The Bertz CT molecular complexity index is 1010. The standard InChI is InChI=1S/C17H10BrN3O3/c18-12-7-3-2-6-11(12)15(22)19-17-21-20-16(24-17)14-9-10-5-1-4-8-13(10)23-14/h1-9H,(H,19,21,22). The fourth-order valence-corrected chi connectivity index (χ4v) is 2.74. The van der Waals surface area contributed by atoms with Gasteiger partial charge in [0.2, 0.25) is 0 Å². The van der Waals surface area contributed by atoms with Crippen molar-refractivity contribution in [2.45, 2.75) is 0 Å². The maximum absolute atomic E-state index is 12.2. The van der Waals surface area contributed by atoms with Gasteiger partial charge in [0.1, 0.15) is 5.58 Å². The molecule has 2 aromatic carbocycles. The van der Waals surface area contributed by atoms with Crippen LogP contribution in [0.15, 0.2) is 67.9 Å². The van der Waals surface area contributed by atoms with Gasteiger partial charge in [-0.25, -0.2) is 0 Å². The van der Waals surface area contributed by atoms with Gasteiger partial charge < -0.3 is 8.83 Å². The van der Waals surface area contributed by atoms with Crippen molar-refractivity contribution in [2.75, 3.05) is 5.32 Å². The van der Waals surface area contributed by atoms with Gasteiger partial charge in [-0.05, 0) is 40.2 Å². The van der Waals surface area contributed by atoms with Crippen LogP contribution in [0.2, 0.25) is 0 Å². The molecule has 4 aromatic rings. The van der Waals surface area contributed by atoms with Crippen molar-refractivity contribution < 1.29 is 13.6 Å². The van der Waals surface area contributed by atoms with E-state index in [1.807, 2.05) is 36.4 Å². The lowest BCUT2D eigenvalue weighted by Crippen LogP contribution is -2.12. The Morgan fingerprint density at radius 1 is 1.00 bits per heavy atom. The topological polar surface area (TPSA) is 81.2 Å². The van der Waals surface area contributed by atoms with Crippen LogP contribution in [0.25, 0.3) is 22.6 Å². The third-order valence-corrected chi connectivity index (χ3v) is 4.09. The molecule has 0 aliphatic rings. The number of hydrogen-bond donors (Lipinski definition) is 1. The van der Waals surface area contributed by atoms with E-state index < -0.39 is 0 Å². The number of halogens is 1. The molecule has 24 heavy (non-hydrogen) atoms. The Balaban J connectivity index is 1.58. The highest BCUT2D eigenvalue weighted by Gasteiger charge is 2.16. The Labute approximate surface area is 144 Å². The van der Waals surface area contributed by atoms with Gasteiger partial charge in [0.25, 0.3) is 11.8 Å². The summed E-state index contributed by atoms with van der Waals surface area (Å²) < 4.78 is 11.8. The molecule has 7 heteroatoms. The highest BCUT2D eigenvalue weighted by Crippen LogP contribution is 2.27. The third kappa shape index (κ3) is 2.69. The molecule has 0 atom stereocenters. The predicted octanol–water partition coefficient (Wildman–Crippen LogP) is 4.50. The van der Waals surface area contributed by atoms with E-state index in [0.29, 0.717) is 15.8 Å². The number of hydrogen-bond acceptors (Lipinski definition) is 5. The minimum Gasteiger partial charge on any atom is -0.451 e. The average molecular weight is 384 g/mol. The zero-order chi connectivity index (χ0) is 16.5. The number of benzene rings is 2. The molecule has 2 aromatic heterocycles. The Morgan fingerprint density at radius 3 is 2.62 bits per heavy atom. The van der Waals surface area contributed by atoms with Gasteiger partial charge in [0.05, 0.1) is 5.56 Å². The monoisotopic (exact) mass is 383 g/mol. The quantitative estimate of drug-likeness (QED) is 0.563. The van der Waals surface area contributed by atoms with E-state index in [1.54, 1.807) is 18.2 Å². The molecule has 0 bridgehead atoms. The average Bonchev–Trinajstić information content (AvgIpc) is 3.21. The molecule has 0 radical (unpaired) electrons. The number of furan rings is 1. The molecule has 0 unspecified atom stereocenters. The van der Waals surface area contributed by atoms with Crippen LogP contribution in [0, 0.1) is 0 Å². The highest BCUT2D eigenvalue weighted by molar-refractivity contribution is 9.10. The maximum atomic E-state index is 12.2. The molecule has 118 valence electrons. The molecular formula is C17H10BrN3O3. The van der Waals surface area contributed by atoms with Gasteiger partial charge >= 0.3 is 6.01 Å². The normalized spacial score (nSPS) is 10.9. The van der Waals surface area contributed by atoms with Gasteiger partial charge in [-0.1, -0.05) is 35.4 Å². The molecule has 1 amide bonds. The molecule has 1 N–H and O–H groups in total. The number of para-hydroxylation sites is 1. The van der Waals surface area contributed by atoms with Crippen molar-refractivity contribution in [2.24, 2.45) is 0 Å². The number of amides is 1. The Hall–Kier alpha value is -2.93. The first-order valence-electron chi connectivity index (χ1n) is 7.09. The van der Waals surface area contributed by atoms with E-state index in [-0.39, 0.29) is 17.8 Å². The fraction of sp³-hybridized carbons (Fsp3) is 0. The van der Waals surface area contributed by atoms with Crippen molar-refractivity contribution in [3.05, 3.63) is 64.6 Å². The van der Waals surface area contributed by atoms with Crippen LogP contribution >= 0.6 is 15.9 Å². The first kappa shape index (κ1) is 14.6. The van der Waals surface area contributed by atoms with Crippen molar-refractivity contribution in [3.8, 4) is 11.7 Å². The fourth-order valence-electron chi connectivity index (χ4n) is 2.27. The maximum Gasteiger partial charge on any atom is 0.322 e. The number of anilines is 1. The van der Waals surface area contributed by atoms with E-state index in [1.165, 1.54) is 0 Å². The minimum atomic E-state index is -0.345. The molecule has 0 aliphatic heterocycles. The van der Waals surface area contributed by atoms with Crippen molar-refractivity contribution in [3.63, 3.8) is 0 Å². The van der Waals surface area contributed by atoms with Gasteiger partial charge in [-0.2, -0.15) is 0 Å². The second kappa shape index (κ2) is 5.93. The molecule has 0 fully saturated rings. The second-order valence-electron chi connectivity index (χ2n) is 4.99. The zero-order valence-electron chi connectivity index (χ0n) is 12.2.